The van der Waals surface area contributed by atoms with Gasteiger partial charge >= 0.3 is 6.18 Å². The molecular weight excluding hydrogens is 325 g/mol. The number of hydrogen-bond donors (Lipinski definition) is 2. The minimum Gasteiger partial charge on any atom is -0.355 e. The van der Waals surface area contributed by atoms with Crippen LogP contribution in [0, 0.1) is 5.92 Å². The summed E-state index contributed by atoms with van der Waals surface area (Å²) in [5.74, 6) is 0.0451. The van der Waals surface area contributed by atoms with E-state index in [0.29, 0.717) is 18.0 Å². The molecule has 0 aliphatic heterocycles. The molecule has 1 amide bonds. The molecule has 21 heavy (non-hydrogen) atoms. The van der Waals surface area contributed by atoms with Crippen LogP contribution in [0.5, 0.6) is 0 Å². The lowest BCUT2D eigenvalue weighted by molar-refractivity contribution is -0.137. The number of hydrogen-bond acceptors (Lipinski definition) is 3. The van der Waals surface area contributed by atoms with Crippen LogP contribution in [0.25, 0.3) is 0 Å². The van der Waals surface area contributed by atoms with Crippen molar-refractivity contribution >= 4 is 30.1 Å². The first-order valence-electron chi connectivity index (χ1n) is 6.09. The summed E-state index contributed by atoms with van der Waals surface area (Å²) in [5.41, 5.74) is 4.71. The molecule has 0 spiro atoms. The summed E-state index contributed by atoms with van der Waals surface area (Å²) < 4.78 is 37.5. The topological polar surface area (TPSA) is 55.1 Å². The fraction of sp³-hybridized carbons (Fsp3) is 0.462. The van der Waals surface area contributed by atoms with E-state index in [-0.39, 0.29) is 30.0 Å². The van der Waals surface area contributed by atoms with E-state index in [1.807, 2.05) is 6.92 Å². The predicted octanol–water partition coefficient (Wildman–Crippen LogP) is 2.93. The van der Waals surface area contributed by atoms with Gasteiger partial charge in [0.25, 0.3) is 0 Å². The van der Waals surface area contributed by atoms with Gasteiger partial charge in [0.05, 0.1) is 11.3 Å². The maximum Gasteiger partial charge on any atom is 0.416 e. The van der Waals surface area contributed by atoms with E-state index in [2.05, 4.69) is 5.32 Å². The minimum atomic E-state index is -4.37. The highest BCUT2D eigenvalue weighted by Crippen LogP contribution is 2.31. The van der Waals surface area contributed by atoms with Crippen LogP contribution in [-0.4, -0.2) is 24.7 Å². The van der Waals surface area contributed by atoms with Crippen molar-refractivity contribution in [3.63, 3.8) is 0 Å². The Kier molecular flexibility index (Phi) is 8.77. The number of nitrogens with two attached hydrogens (primary N) is 1. The van der Waals surface area contributed by atoms with Crippen LogP contribution in [0.15, 0.2) is 29.2 Å². The number of alkyl halides is 3. The summed E-state index contributed by atoms with van der Waals surface area (Å²) in [6.45, 7) is 2.85. The average Bonchev–Trinajstić information content (AvgIpc) is 2.41. The van der Waals surface area contributed by atoms with Gasteiger partial charge in [-0.1, -0.05) is 13.0 Å². The molecule has 0 fully saturated rings. The molecule has 1 aromatic carbocycles. The molecule has 8 heteroatoms. The highest BCUT2D eigenvalue weighted by molar-refractivity contribution is 8.00. The first-order valence-corrected chi connectivity index (χ1v) is 7.08. The molecule has 1 unspecified atom stereocenters. The van der Waals surface area contributed by atoms with Crippen molar-refractivity contribution in [2.24, 2.45) is 11.7 Å². The fourth-order valence-electron chi connectivity index (χ4n) is 1.33. The Morgan fingerprint density at radius 3 is 2.67 bits per heavy atom. The van der Waals surface area contributed by atoms with Gasteiger partial charge in [0.2, 0.25) is 5.91 Å². The van der Waals surface area contributed by atoms with Crippen molar-refractivity contribution in [1.82, 2.24) is 5.32 Å². The van der Waals surface area contributed by atoms with Gasteiger partial charge in [-0.05, 0) is 30.7 Å². The molecule has 0 saturated carbocycles. The molecule has 1 aromatic rings. The summed E-state index contributed by atoms with van der Waals surface area (Å²) in [5, 5.41) is 2.69. The van der Waals surface area contributed by atoms with Crippen LogP contribution in [0.1, 0.15) is 12.5 Å². The third kappa shape index (κ3) is 7.59. The van der Waals surface area contributed by atoms with Crippen molar-refractivity contribution in [3.05, 3.63) is 29.8 Å². The van der Waals surface area contributed by atoms with Crippen LogP contribution in [-0.2, 0) is 11.0 Å². The van der Waals surface area contributed by atoms with Gasteiger partial charge in [-0.15, -0.1) is 24.2 Å². The Morgan fingerprint density at radius 2 is 2.10 bits per heavy atom. The van der Waals surface area contributed by atoms with Crippen molar-refractivity contribution in [3.8, 4) is 0 Å². The fourth-order valence-corrected chi connectivity index (χ4v) is 2.12. The summed E-state index contributed by atoms with van der Waals surface area (Å²) in [6.07, 6.45) is -4.37. The Morgan fingerprint density at radius 1 is 1.43 bits per heavy atom. The number of carbonyl (C=O) groups is 1. The van der Waals surface area contributed by atoms with Gasteiger partial charge in [0.15, 0.2) is 0 Å². The highest BCUT2D eigenvalue weighted by Gasteiger charge is 2.30. The average molecular weight is 343 g/mol. The standard InChI is InChI=1S/C13H17F3N2OS.ClH/c1-9(6-17)7-18-12(19)8-20-11-4-2-3-10(5-11)13(14,15)16;/h2-5,9H,6-8,17H2,1H3,(H,18,19);1H. The second-order valence-electron chi connectivity index (χ2n) is 4.46. The van der Waals surface area contributed by atoms with Gasteiger partial charge in [0.1, 0.15) is 0 Å². The molecule has 0 aromatic heterocycles. The molecule has 0 heterocycles. The summed E-state index contributed by atoms with van der Waals surface area (Å²) >= 11 is 1.07. The molecule has 1 atom stereocenters. The van der Waals surface area contributed by atoms with Crippen LogP contribution in [0.2, 0.25) is 0 Å². The Labute approximate surface area is 132 Å². The molecule has 3 nitrogen and oxygen atoms in total. The van der Waals surface area contributed by atoms with E-state index in [1.165, 1.54) is 6.07 Å². The monoisotopic (exact) mass is 342 g/mol. The van der Waals surface area contributed by atoms with Crippen LogP contribution in [0.3, 0.4) is 0 Å². The molecule has 3 N–H and O–H groups in total. The van der Waals surface area contributed by atoms with Crippen LogP contribution < -0.4 is 11.1 Å². The number of carbonyl (C=O) groups excluding carboxylic acids is 1. The molecule has 0 saturated heterocycles. The minimum absolute atomic E-state index is 0. The first kappa shape index (κ1) is 20.1. The van der Waals surface area contributed by atoms with Crippen LogP contribution >= 0.6 is 24.2 Å². The zero-order valence-corrected chi connectivity index (χ0v) is 13.1. The van der Waals surface area contributed by atoms with E-state index in [1.54, 1.807) is 6.07 Å². The second-order valence-corrected chi connectivity index (χ2v) is 5.51. The molecular formula is C13H18ClF3N2OS. The maximum atomic E-state index is 12.5. The SMILES string of the molecule is CC(CN)CNC(=O)CSc1cccc(C(F)(F)F)c1.Cl. The van der Waals surface area contributed by atoms with Crippen molar-refractivity contribution < 1.29 is 18.0 Å². The van der Waals surface area contributed by atoms with Crippen molar-refractivity contribution in [2.75, 3.05) is 18.8 Å². The van der Waals surface area contributed by atoms with E-state index >= 15 is 0 Å². The summed E-state index contributed by atoms with van der Waals surface area (Å²) in [4.78, 5) is 11.9. The van der Waals surface area contributed by atoms with Gasteiger partial charge in [-0.3, -0.25) is 4.79 Å². The molecule has 0 aliphatic rings. The zero-order valence-electron chi connectivity index (χ0n) is 11.4. The van der Waals surface area contributed by atoms with E-state index in [0.717, 1.165) is 23.9 Å². The van der Waals surface area contributed by atoms with E-state index in [9.17, 15) is 18.0 Å². The molecule has 0 aliphatic carbocycles. The molecule has 0 radical (unpaired) electrons. The quantitative estimate of drug-likeness (QED) is 0.781. The van der Waals surface area contributed by atoms with Gasteiger partial charge in [-0.25, -0.2) is 0 Å². The van der Waals surface area contributed by atoms with Crippen molar-refractivity contribution in [2.45, 2.75) is 18.0 Å². The lowest BCUT2D eigenvalue weighted by Gasteiger charge is -2.10. The largest absolute Gasteiger partial charge is 0.416 e. The molecule has 1 rings (SSSR count). The second kappa shape index (κ2) is 9.17. The number of amides is 1. The molecule has 0 bridgehead atoms. The lowest BCUT2D eigenvalue weighted by Crippen LogP contribution is -2.32. The third-order valence-corrected chi connectivity index (χ3v) is 3.58. The Balaban J connectivity index is 0.00000400. The summed E-state index contributed by atoms with van der Waals surface area (Å²) in [6, 6.07) is 4.93. The van der Waals surface area contributed by atoms with Gasteiger partial charge < -0.3 is 11.1 Å². The van der Waals surface area contributed by atoms with E-state index < -0.39 is 11.7 Å². The maximum absolute atomic E-state index is 12.5. The Hall–Kier alpha value is -0.920. The Bertz CT molecular complexity index is 457. The predicted molar refractivity (Wildman–Crippen MR) is 80.6 cm³/mol. The number of rotatable bonds is 6. The number of halogens is 4. The number of thioether (sulfide) groups is 1. The van der Waals surface area contributed by atoms with Gasteiger partial charge in [0, 0.05) is 11.4 Å². The number of benzene rings is 1. The van der Waals surface area contributed by atoms with E-state index in [4.69, 9.17) is 5.73 Å². The number of nitrogens with one attached hydrogen (secondary N) is 1. The first-order chi connectivity index (χ1) is 9.32. The van der Waals surface area contributed by atoms with Crippen molar-refractivity contribution in [1.29, 1.82) is 0 Å². The molecule has 120 valence electrons. The lowest BCUT2D eigenvalue weighted by atomic mass is 10.2. The summed E-state index contributed by atoms with van der Waals surface area (Å²) in [7, 11) is 0. The smallest absolute Gasteiger partial charge is 0.355 e. The highest BCUT2D eigenvalue weighted by atomic mass is 35.5. The normalized spacial score (nSPS) is 12.4. The third-order valence-electron chi connectivity index (χ3n) is 2.58. The van der Waals surface area contributed by atoms with Gasteiger partial charge in [-0.2, -0.15) is 13.2 Å². The van der Waals surface area contributed by atoms with Crippen LogP contribution in [0.4, 0.5) is 13.2 Å². The zero-order chi connectivity index (χ0) is 15.2.